The van der Waals surface area contributed by atoms with E-state index in [1.807, 2.05) is 0 Å². The van der Waals surface area contributed by atoms with Crippen molar-refractivity contribution >= 4 is 17.2 Å². The summed E-state index contributed by atoms with van der Waals surface area (Å²) in [7, 11) is 0. The molecular weight excluding hydrogens is 296 g/mol. The lowest BCUT2D eigenvalue weighted by molar-refractivity contribution is -0.135. The van der Waals surface area contributed by atoms with Gasteiger partial charge in [-0.3, -0.25) is 9.69 Å². The lowest BCUT2D eigenvalue weighted by atomic mass is 10.1. The van der Waals surface area contributed by atoms with Gasteiger partial charge in [-0.2, -0.15) is 0 Å². The third-order valence-electron chi connectivity index (χ3n) is 4.74. The van der Waals surface area contributed by atoms with E-state index < -0.39 is 0 Å². The standard InChI is InChI=1S/C17H26N2O2S/c1-13(11-15-7-4-10-22-15)18-17(20)16-12-21-9-8-19(16)14-5-2-3-6-14/h4,7,10,13-14,16H,2-3,5-6,8-9,11-12H2,1H3,(H,18,20)/t13-,16-/m0/s1. The number of carbonyl (C=O) groups is 1. The van der Waals surface area contributed by atoms with E-state index in [1.54, 1.807) is 11.3 Å². The Balaban J connectivity index is 1.56. The molecule has 1 saturated carbocycles. The summed E-state index contributed by atoms with van der Waals surface area (Å²) in [5.74, 6) is 0.135. The Labute approximate surface area is 136 Å². The Kier molecular flexibility index (Phi) is 5.50. The minimum atomic E-state index is -0.109. The van der Waals surface area contributed by atoms with Crippen molar-refractivity contribution in [2.24, 2.45) is 0 Å². The summed E-state index contributed by atoms with van der Waals surface area (Å²) in [5, 5.41) is 5.27. The SMILES string of the molecule is C[C@@H](Cc1cccs1)NC(=O)[C@@H]1COCCN1C1CCCC1. The van der Waals surface area contributed by atoms with Gasteiger partial charge >= 0.3 is 0 Å². The van der Waals surface area contributed by atoms with Gasteiger partial charge in [-0.05, 0) is 31.2 Å². The fraction of sp³-hybridized carbons (Fsp3) is 0.706. The number of hydrogen-bond donors (Lipinski definition) is 1. The van der Waals surface area contributed by atoms with Gasteiger partial charge in [0, 0.05) is 29.9 Å². The number of amides is 1. The molecule has 0 aromatic carbocycles. The predicted molar refractivity (Wildman–Crippen MR) is 89.2 cm³/mol. The van der Waals surface area contributed by atoms with Crippen LogP contribution in [0.1, 0.15) is 37.5 Å². The van der Waals surface area contributed by atoms with Crippen LogP contribution in [0.3, 0.4) is 0 Å². The highest BCUT2D eigenvalue weighted by Gasteiger charge is 2.35. The average Bonchev–Trinajstić information content (AvgIpc) is 3.20. The second-order valence-corrected chi connectivity index (χ2v) is 7.49. The Morgan fingerprint density at radius 2 is 2.32 bits per heavy atom. The van der Waals surface area contributed by atoms with Gasteiger partial charge in [0.15, 0.2) is 0 Å². The molecule has 0 bridgehead atoms. The maximum Gasteiger partial charge on any atom is 0.239 e. The van der Waals surface area contributed by atoms with Gasteiger partial charge in [0.2, 0.25) is 5.91 Å². The molecule has 4 nitrogen and oxygen atoms in total. The zero-order valence-electron chi connectivity index (χ0n) is 13.3. The summed E-state index contributed by atoms with van der Waals surface area (Å²) in [4.78, 5) is 16.4. The molecule has 2 atom stereocenters. The van der Waals surface area contributed by atoms with Gasteiger partial charge in [-0.15, -0.1) is 11.3 Å². The smallest absolute Gasteiger partial charge is 0.239 e. The summed E-state index contributed by atoms with van der Waals surface area (Å²) >= 11 is 1.75. The van der Waals surface area contributed by atoms with Crippen molar-refractivity contribution in [3.05, 3.63) is 22.4 Å². The maximum absolute atomic E-state index is 12.7. The number of nitrogens with zero attached hydrogens (tertiary/aromatic N) is 1. The molecule has 3 rings (SSSR count). The molecule has 0 unspecified atom stereocenters. The molecule has 1 aliphatic carbocycles. The summed E-state index contributed by atoms with van der Waals surface area (Å²) in [6, 6.07) is 4.82. The third kappa shape index (κ3) is 3.89. The van der Waals surface area contributed by atoms with Crippen LogP contribution in [0.15, 0.2) is 17.5 Å². The van der Waals surface area contributed by atoms with E-state index in [4.69, 9.17) is 4.74 Å². The number of rotatable bonds is 5. The lowest BCUT2D eigenvalue weighted by Crippen LogP contribution is -2.57. The van der Waals surface area contributed by atoms with Crippen LogP contribution >= 0.6 is 11.3 Å². The molecule has 1 amide bonds. The first-order valence-corrected chi connectivity index (χ1v) is 9.28. The molecule has 0 radical (unpaired) electrons. The number of ether oxygens (including phenoxy) is 1. The fourth-order valence-electron chi connectivity index (χ4n) is 3.64. The fourth-order valence-corrected chi connectivity index (χ4v) is 4.47. The second-order valence-electron chi connectivity index (χ2n) is 6.46. The summed E-state index contributed by atoms with van der Waals surface area (Å²) < 4.78 is 5.58. The molecule has 2 fully saturated rings. The molecule has 22 heavy (non-hydrogen) atoms. The van der Waals surface area contributed by atoms with Gasteiger partial charge in [0.05, 0.1) is 13.2 Å². The summed E-state index contributed by atoms with van der Waals surface area (Å²) in [5.41, 5.74) is 0. The normalized spacial score (nSPS) is 25.2. The quantitative estimate of drug-likeness (QED) is 0.905. The van der Waals surface area contributed by atoms with Crippen molar-refractivity contribution in [3.63, 3.8) is 0 Å². The highest BCUT2D eigenvalue weighted by molar-refractivity contribution is 7.09. The summed E-state index contributed by atoms with van der Waals surface area (Å²) in [6.07, 6.45) is 5.96. The Morgan fingerprint density at radius 3 is 3.05 bits per heavy atom. The first-order valence-electron chi connectivity index (χ1n) is 8.40. The van der Waals surface area contributed by atoms with E-state index in [2.05, 4.69) is 34.7 Å². The average molecular weight is 322 g/mol. The van der Waals surface area contributed by atoms with Gasteiger partial charge in [0.25, 0.3) is 0 Å². The third-order valence-corrected chi connectivity index (χ3v) is 5.64. The molecule has 5 heteroatoms. The molecule has 2 heterocycles. The van der Waals surface area contributed by atoms with Crippen molar-refractivity contribution in [2.45, 2.75) is 57.2 Å². The highest BCUT2D eigenvalue weighted by atomic mass is 32.1. The van der Waals surface area contributed by atoms with Crippen LogP contribution in [0.25, 0.3) is 0 Å². The first kappa shape index (κ1) is 16.0. The van der Waals surface area contributed by atoms with Crippen LogP contribution < -0.4 is 5.32 Å². The highest BCUT2D eigenvalue weighted by Crippen LogP contribution is 2.26. The number of thiophene rings is 1. The van der Waals surface area contributed by atoms with Gasteiger partial charge in [-0.1, -0.05) is 18.9 Å². The van der Waals surface area contributed by atoms with Crippen molar-refractivity contribution in [2.75, 3.05) is 19.8 Å². The van der Waals surface area contributed by atoms with Crippen molar-refractivity contribution in [1.29, 1.82) is 0 Å². The molecule has 0 spiro atoms. The van der Waals surface area contributed by atoms with Crippen molar-refractivity contribution < 1.29 is 9.53 Å². The van der Waals surface area contributed by atoms with E-state index in [-0.39, 0.29) is 18.0 Å². The van der Waals surface area contributed by atoms with Crippen molar-refractivity contribution in [1.82, 2.24) is 10.2 Å². The first-order chi connectivity index (χ1) is 10.7. The molecule has 122 valence electrons. The van der Waals surface area contributed by atoms with Gasteiger partial charge in [0.1, 0.15) is 6.04 Å². The van der Waals surface area contributed by atoms with E-state index in [0.717, 1.165) is 19.6 Å². The van der Waals surface area contributed by atoms with Crippen LogP contribution in [-0.4, -0.2) is 48.7 Å². The monoisotopic (exact) mass is 322 g/mol. The Hall–Kier alpha value is -0.910. The van der Waals surface area contributed by atoms with Gasteiger partial charge in [-0.25, -0.2) is 0 Å². The predicted octanol–water partition coefficient (Wildman–Crippen LogP) is 2.44. The van der Waals surface area contributed by atoms with Crippen LogP contribution in [0.2, 0.25) is 0 Å². The molecule has 1 aliphatic heterocycles. The van der Waals surface area contributed by atoms with Crippen LogP contribution in [0, 0.1) is 0 Å². The maximum atomic E-state index is 12.7. The number of hydrogen-bond acceptors (Lipinski definition) is 4. The second kappa shape index (κ2) is 7.57. The van der Waals surface area contributed by atoms with Crippen LogP contribution in [-0.2, 0) is 16.0 Å². The van der Waals surface area contributed by atoms with E-state index in [1.165, 1.54) is 30.6 Å². The number of morpholine rings is 1. The molecule has 2 aliphatic rings. The molecule has 1 aromatic rings. The van der Waals surface area contributed by atoms with Crippen LogP contribution in [0.5, 0.6) is 0 Å². The molecule has 1 N–H and O–H groups in total. The van der Waals surface area contributed by atoms with E-state index in [9.17, 15) is 4.79 Å². The van der Waals surface area contributed by atoms with E-state index in [0.29, 0.717) is 12.6 Å². The van der Waals surface area contributed by atoms with Crippen molar-refractivity contribution in [3.8, 4) is 0 Å². The van der Waals surface area contributed by atoms with E-state index >= 15 is 0 Å². The Bertz CT molecular complexity index is 471. The minimum absolute atomic E-state index is 0.109. The molecule has 1 aromatic heterocycles. The zero-order chi connectivity index (χ0) is 15.4. The number of nitrogens with one attached hydrogen (secondary N) is 1. The number of carbonyl (C=O) groups excluding carboxylic acids is 1. The Morgan fingerprint density at radius 1 is 1.50 bits per heavy atom. The summed E-state index contributed by atoms with van der Waals surface area (Å²) in [6.45, 7) is 4.27. The van der Waals surface area contributed by atoms with Crippen LogP contribution in [0.4, 0.5) is 0 Å². The lowest BCUT2D eigenvalue weighted by Gasteiger charge is -2.39. The largest absolute Gasteiger partial charge is 0.378 e. The van der Waals surface area contributed by atoms with Gasteiger partial charge < -0.3 is 10.1 Å². The minimum Gasteiger partial charge on any atom is -0.378 e. The molecular formula is C17H26N2O2S. The zero-order valence-corrected chi connectivity index (χ0v) is 14.1. The topological polar surface area (TPSA) is 41.6 Å². The molecule has 1 saturated heterocycles.